The van der Waals surface area contributed by atoms with Gasteiger partial charge in [0.05, 0.1) is 12.8 Å². The van der Waals surface area contributed by atoms with Crippen molar-refractivity contribution in [2.45, 2.75) is 20.8 Å². The number of halogens is 6. The first-order valence-corrected chi connectivity index (χ1v) is 9.29. The third kappa shape index (κ3) is 5.19. The summed E-state index contributed by atoms with van der Waals surface area (Å²) in [5, 5.41) is 3.61. The van der Waals surface area contributed by atoms with Gasteiger partial charge in [-0.2, -0.15) is 10.1 Å². The number of hydrogen-bond donors (Lipinski definition) is 0. The van der Waals surface area contributed by atoms with Crippen molar-refractivity contribution in [3.63, 3.8) is 0 Å². The fourth-order valence-corrected chi connectivity index (χ4v) is 2.77. The van der Waals surface area contributed by atoms with E-state index in [4.69, 9.17) is 9.47 Å². The standard InChI is InChI=1S/C19H14BrF5N2O4/c1-4-30-12-5-10(11(20)6-13(12)31-9(3)29)7-26-27(8(2)28)19-17(24)15(22)14(21)16(23)18(19)25/h5-7H,4H2,1-3H3. The zero-order chi connectivity index (χ0) is 23.5. The predicted molar refractivity (Wildman–Crippen MR) is 104 cm³/mol. The van der Waals surface area contributed by atoms with Crippen LogP contribution in [-0.4, -0.2) is 24.7 Å². The fraction of sp³-hybridized carbons (Fsp3) is 0.211. The maximum atomic E-state index is 14.1. The first-order valence-electron chi connectivity index (χ1n) is 8.50. The van der Waals surface area contributed by atoms with Gasteiger partial charge in [-0.1, -0.05) is 0 Å². The van der Waals surface area contributed by atoms with E-state index in [1.54, 1.807) is 6.92 Å². The fourth-order valence-electron chi connectivity index (χ4n) is 2.35. The summed E-state index contributed by atoms with van der Waals surface area (Å²) in [7, 11) is 0. The Morgan fingerprint density at radius 2 is 1.55 bits per heavy atom. The Morgan fingerprint density at radius 1 is 1.00 bits per heavy atom. The van der Waals surface area contributed by atoms with E-state index in [1.807, 2.05) is 0 Å². The van der Waals surface area contributed by atoms with Crippen molar-refractivity contribution in [1.82, 2.24) is 0 Å². The van der Waals surface area contributed by atoms with E-state index in [0.717, 1.165) is 13.1 Å². The lowest BCUT2D eigenvalue weighted by Gasteiger charge is -2.18. The van der Waals surface area contributed by atoms with Gasteiger partial charge in [0.25, 0.3) is 0 Å². The minimum Gasteiger partial charge on any atom is -0.490 e. The van der Waals surface area contributed by atoms with Crippen LogP contribution in [0.25, 0.3) is 0 Å². The number of anilines is 1. The highest BCUT2D eigenvalue weighted by molar-refractivity contribution is 9.10. The van der Waals surface area contributed by atoms with Crippen molar-refractivity contribution in [2.75, 3.05) is 11.6 Å². The Labute approximate surface area is 181 Å². The van der Waals surface area contributed by atoms with Crippen molar-refractivity contribution < 1.29 is 41.0 Å². The van der Waals surface area contributed by atoms with Gasteiger partial charge >= 0.3 is 5.97 Å². The smallest absolute Gasteiger partial charge is 0.308 e. The van der Waals surface area contributed by atoms with E-state index in [9.17, 15) is 31.5 Å². The number of hydrogen-bond acceptors (Lipinski definition) is 5. The molecule has 2 aromatic carbocycles. The molecule has 0 fully saturated rings. The van der Waals surface area contributed by atoms with Crippen molar-refractivity contribution in [3.8, 4) is 11.5 Å². The highest BCUT2D eigenvalue weighted by Gasteiger charge is 2.30. The molecule has 0 unspecified atom stereocenters. The number of carbonyl (C=O) groups is 2. The van der Waals surface area contributed by atoms with Crippen molar-refractivity contribution in [3.05, 3.63) is 51.3 Å². The first-order chi connectivity index (χ1) is 14.5. The number of hydrazone groups is 1. The van der Waals surface area contributed by atoms with E-state index in [0.29, 0.717) is 0 Å². The third-order valence-electron chi connectivity index (χ3n) is 3.63. The second-order valence-electron chi connectivity index (χ2n) is 5.84. The van der Waals surface area contributed by atoms with Crippen LogP contribution in [0.1, 0.15) is 26.3 Å². The molecule has 2 aromatic rings. The molecule has 2 rings (SSSR count). The SMILES string of the molecule is CCOc1cc(C=NN(C(C)=O)c2c(F)c(F)c(F)c(F)c2F)c(Br)cc1OC(C)=O. The molecule has 0 saturated carbocycles. The molecule has 166 valence electrons. The van der Waals surface area contributed by atoms with Gasteiger partial charge in [0.1, 0.15) is 5.69 Å². The topological polar surface area (TPSA) is 68.2 Å². The molecular formula is C19H14BrF5N2O4. The zero-order valence-corrected chi connectivity index (χ0v) is 17.8. The van der Waals surface area contributed by atoms with Crippen LogP contribution in [0.2, 0.25) is 0 Å². The Kier molecular flexibility index (Phi) is 7.71. The van der Waals surface area contributed by atoms with Gasteiger partial charge in [0.15, 0.2) is 34.8 Å². The van der Waals surface area contributed by atoms with E-state index in [1.165, 1.54) is 19.1 Å². The van der Waals surface area contributed by atoms with Crippen LogP contribution in [0.3, 0.4) is 0 Å². The van der Waals surface area contributed by atoms with Gasteiger partial charge in [-0.25, -0.2) is 22.0 Å². The molecule has 0 bridgehead atoms. The average Bonchev–Trinajstić information content (AvgIpc) is 2.69. The lowest BCUT2D eigenvalue weighted by Crippen LogP contribution is -2.26. The van der Waals surface area contributed by atoms with Crippen molar-refractivity contribution >= 4 is 39.7 Å². The number of benzene rings is 2. The summed E-state index contributed by atoms with van der Waals surface area (Å²) in [6.45, 7) is 3.85. The van der Waals surface area contributed by atoms with Gasteiger partial charge in [0, 0.05) is 23.9 Å². The maximum absolute atomic E-state index is 14.1. The minimum absolute atomic E-state index is 0.0308. The molecule has 0 aliphatic rings. The summed E-state index contributed by atoms with van der Waals surface area (Å²) >= 11 is 3.17. The van der Waals surface area contributed by atoms with Crippen LogP contribution < -0.4 is 14.5 Å². The molecule has 0 aliphatic heterocycles. The highest BCUT2D eigenvalue weighted by atomic mass is 79.9. The van der Waals surface area contributed by atoms with Gasteiger partial charge < -0.3 is 9.47 Å². The monoisotopic (exact) mass is 508 g/mol. The number of carbonyl (C=O) groups excluding carboxylic acids is 2. The second kappa shape index (κ2) is 9.86. The molecule has 0 radical (unpaired) electrons. The first kappa shape index (κ1) is 24.3. The quantitative estimate of drug-likeness (QED) is 0.106. The zero-order valence-electron chi connectivity index (χ0n) is 16.2. The number of rotatable bonds is 6. The van der Waals surface area contributed by atoms with Gasteiger partial charge in [-0.15, -0.1) is 0 Å². The molecule has 6 nitrogen and oxygen atoms in total. The van der Waals surface area contributed by atoms with E-state index >= 15 is 0 Å². The molecular weight excluding hydrogens is 495 g/mol. The normalized spacial score (nSPS) is 11.0. The van der Waals surface area contributed by atoms with E-state index in [-0.39, 0.29) is 33.2 Å². The molecule has 1 amide bonds. The highest BCUT2D eigenvalue weighted by Crippen LogP contribution is 2.34. The molecule has 0 atom stereocenters. The van der Waals surface area contributed by atoms with E-state index < -0.39 is 46.6 Å². The largest absolute Gasteiger partial charge is 0.490 e. The Morgan fingerprint density at radius 3 is 2.03 bits per heavy atom. The molecule has 0 spiro atoms. The number of amides is 1. The van der Waals surface area contributed by atoms with Crippen LogP contribution in [0, 0.1) is 29.1 Å². The minimum atomic E-state index is -2.36. The number of esters is 1. The molecule has 0 aliphatic carbocycles. The molecule has 0 aromatic heterocycles. The predicted octanol–water partition coefficient (Wildman–Crippen LogP) is 4.86. The van der Waals surface area contributed by atoms with Crippen molar-refractivity contribution in [2.24, 2.45) is 5.10 Å². The lowest BCUT2D eigenvalue weighted by atomic mass is 10.2. The average molecular weight is 509 g/mol. The van der Waals surface area contributed by atoms with Crippen molar-refractivity contribution in [1.29, 1.82) is 0 Å². The summed E-state index contributed by atoms with van der Waals surface area (Å²) in [4.78, 5) is 23.1. The summed E-state index contributed by atoms with van der Waals surface area (Å²) < 4.78 is 79.1. The van der Waals surface area contributed by atoms with Crippen LogP contribution in [0.4, 0.5) is 27.6 Å². The maximum Gasteiger partial charge on any atom is 0.308 e. The second-order valence-corrected chi connectivity index (χ2v) is 6.70. The molecule has 0 N–H and O–H groups in total. The van der Waals surface area contributed by atoms with Gasteiger partial charge in [-0.3, -0.25) is 9.59 Å². The van der Waals surface area contributed by atoms with Crippen LogP contribution in [0.15, 0.2) is 21.7 Å². The Hall–Kier alpha value is -3.02. The lowest BCUT2D eigenvalue weighted by molar-refractivity contribution is -0.132. The Balaban J connectivity index is 2.57. The van der Waals surface area contributed by atoms with Crippen LogP contribution >= 0.6 is 15.9 Å². The molecule has 0 heterocycles. The molecule has 0 saturated heterocycles. The summed E-state index contributed by atoms with van der Waals surface area (Å²) in [6.07, 6.45) is 0.920. The van der Waals surface area contributed by atoms with Crippen LogP contribution in [-0.2, 0) is 9.59 Å². The Bertz CT molecular complexity index is 1050. The summed E-state index contributed by atoms with van der Waals surface area (Å²) in [5.41, 5.74) is -1.35. The van der Waals surface area contributed by atoms with Gasteiger partial charge in [-0.05, 0) is 35.0 Å². The molecule has 31 heavy (non-hydrogen) atoms. The third-order valence-corrected chi connectivity index (χ3v) is 4.31. The van der Waals surface area contributed by atoms with Gasteiger partial charge in [0.2, 0.25) is 11.7 Å². The number of nitrogens with zero attached hydrogens (tertiary/aromatic N) is 2. The van der Waals surface area contributed by atoms with E-state index in [2.05, 4.69) is 21.0 Å². The molecule has 12 heteroatoms. The van der Waals surface area contributed by atoms with Crippen LogP contribution in [0.5, 0.6) is 11.5 Å². The summed E-state index contributed by atoms with van der Waals surface area (Å²) in [6, 6.07) is 2.66. The number of ether oxygens (including phenoxy) is 2. The summed E-state index contributed by atoms with van der Waals surface area (Å²) in [5.74, 6) is -12.8.